The van der Waals surface area contributed by atoms with Gasteiger partial charge in [-0.3, -0.25) is 4.90 Å². The van der Waals surface area contributed by atoms with Crippen LogP contribution in [0, 0.1) is 0 Å². The Balaban J connectivity index is 2.45. The first kappa shape index (κ1) is 13.9. The van der Waals surface area contributed by atoms with Gasteiger partial charge in [-0.1, -0.05) is 26.2 Å². The van der Waals surface area contributed by atoms with Gasteiger partial charge in [0.25, 0.3) is 0 Å². The Morgan fingerprint density at radius 3 is 2.69 bits per heavy atom. The highest BCUT2D eigenvalue weighted by Crippen LogP contribution is 2.26. The fourth-order valence-corrected chi connectivity index (χ4v) is 2.56. The molecule has 2 unspecified atom stereocenters. The zero-order valence-electron chi connectivity index (χ0n) is 11.2. The maximum atomic E-state index is 5.97. The lowest BCUT2D eigenvalue weighted by molar-refractivity contribution is 0.0756. The van der Waals surface area contributed by atoms with E-state index in [4.69, 9.17) is 10.5 Å². The lowest BCUT2D eigenvalue weighted by Crippen LogP contribution is -2.50. The van der Waals surface area contributed by atoms with E-state index in [9.17, 15) is 0 Å². The Bertz CT molecular complexity index is 198. The molecule has 1 aliphatic rings. The van der Waals surface area contributed by atoms with E-state index in [0.29, 0.717) is 6.10 Å². The van der Waals surface area contributed by atoms with Crippen LogP contribution in [0.15, 0.2) is 0 Å². The highest BCUT2D eigenvalue weighted by atomic mass is 16.5. The summed E-state index contributed by atoms with van der Waals surface area (Å²) in [5.41, 5.74) is 6.16. The first-order chi connectivity index (χ1) is 7.66. The summed E-state index contributed by atoms with van der Waals surface area (Å²) in [5.74, 6) is 0. The van der Waals surface area contributed by atoms with Gasteiger partial charge < -0.3 is 10.5 Å². The van der Waals surface area contributed by atoms with Gasteiger partial charge in [-0.15, -0.1) is 0 Å². The minimum atomic E-state index is 0.183. The summed E-state index contributed by atoms with van der Waals surface area (Å²) in [7, 11) is 1.81. The maximum absolute atomic E-state index is 5.97. The van der Waals surface area contributed by atoms with Gasteiger partial charge in [0.2, 0.25) is 0 Å². The molecular weight excluding hydrogens is 200 g/mol. The molecule has 1 rings (SSSR count). The van der Waals surface area contributed by atoms with Crippen molar-refractivity contribution in [1.29, 1.82) is 0 Å². The fraction of sp³-hybridized carbons (Fsp3) is 1.00. The lowest BCUT2D eigenvalue weighted by Gasteiger charge is -2.38. The molecule has 0 bridgehead atoms. The van der Waals surface area contributed by atoms with Gasteiger partial charge in [0, 0.05) is 32.3 Å². The van der Waals surface area contributed by atoms with Crippen molar-refractivity contribution in [2.24, 2.45) is 5.73 Å². The molecule has 0 aromatic heterocycles. The van der Waals surface area contributed by atoms with Crippen LogP contribution in [0.5, 0.6) is 0 Å². The first-order valence-electron chi connectivity index (χ1n) is 6.64. The molecular formula is C13H28N2O. The van der Waals surface area contributed by atoms with E-state index < -0.39 is 0 Å². The average Bonchev–Trinajstić information content (AvgIpc) is 2.78. The number of rotatable bonds is 7. The average molecular weight is 228 g/mol. The lowest BCUT2D eigenvalue weighted by atomic mass is 9.92. The van der Waals surface area contributed by atoms with Crippen LogP contribution >= 0.6 is 0 Å². The van der Waals surface area contributed by atoms with E-state index in [1.54, 1.807) is 0 Å². The van der Waals surface area contributed by atoms with E-state index in [0.717, 1.165) is 26.1 Å². The standard InChI is InChI=1S/C13H28N2O/c1-4-5-6-8-13(2,11-14)15-9-7-12(10-15)16-3/h12H,4-11,14H2,1-3H3. The summed E-state index contributed by atoms with van der Waals surface area (Å²) >= 11 is 0. The van der Waals surface area contributed by atoms with Gasteiger partial charge in [-0.2, -0.15) is 0 Å². The smallest absolute Gasteiger partial charge is 0.0710 e. The molecule has 1 aliphatic heterocycles. The number of likely N-dealkylation sites (tertiary alicyclic amines) is 1. The van der Waals surface area contributed by atoms with Crippen molar-refractivity contribution < 1.29 is 4.74 Å². The third-order valence-corrected chi connectivity index (χ3v) is 4.00. The van der Waals surface area contributed by atoms with Gasteiger partial charge in [0.15, 0.2) is 0 Å². The van der Waals surface area contributed by atoms with E-state index in [1.165, 1.54) is 25.7 Å². The molecule has 0 aromatic carbocycles. The normalized spacial score (nSPS) is 25.9. The molecule has 2 N–H and O–H groups in total. The number of unbranched alkanes of at least 4 members (excludes halogenated alkanes) is 2. The van der Waals surface area contributed by atoms with Crippen molar-refractivity contribution >= 4 is 0 Å². The van der Waals surface area contributed by atoms with Crippen LogP contribution in [-0.2, 0) is 4.74 Å². The molecule has 0 saturated carbocycles. The van der Waals surface area contributed by atoms with E-state index in [1.807, 2.05) is 7.11 Å². The summed E-state index contributed by atoms with van der Waals surface area (Å²) < 4.78 is 5.42. The Morgan fingerprint density at radius 1 is 1.44 bits per heavy atom. The van der Waals surface area contributed by atoms with Crippen LogP contribution in [0.3, 0.4) is 0 Å². The second-order valence-corrected chi connectivity index (χ2v) is 5.25. The van der Waals surface area contributed by atoms with Gasteiger partial charge in [-0.25, -0.2) is 0 Å². The molecule has 0 radical (unpaired) electrons. The SMILES string of the molecule is CCCCCC(C)(CN)N1CCC(OC)C1. The molecule has 0 spiro atoms. The van der Waals surface area contributed by atoms with Crippen molar-refractivity contribution in [1.82, 2.24) is 4.90 Å². The summed E-state index contributed by atoms with van der Waals surface area (Å²) in [5, 5.41) is 0. The van der Waals surface area contributed by atoms with E-state index in [-0.39, 0.29) is 5.54 Å². The van der Waals surface area contributed by atoms with Crippen molar-refractivity contribution in [2.45, 2.75) is 57.6 Å². The molecule has 96 valence electrons. The monoisotopic (exact) mass is 228 g/mol. The van der Waals surface area contributed by atoms with Crippen LogP contribution in [0.25, 0.3) is 0 Å². The Labute approximate surface area is 100 Å². The highest BCUT2D eigenvalue weighted by Gasteiger charge is 2.35. The largest absolute Gasteiger partial charge is 0.380 e. The zero-order valence-corrected chi connectivity index (χ0v) is 11.2. The van der Waals surface area contributed by atoms with Crippen molar-refractivity contribution in [3.05, 3.63) is 0 Å². The van der Waals surface area contributed by atoms with Gasteiger partial charge in [-0.05, 0) is 19.8 Å². The Morgan fingerprint density at radius 2 is 2.19 bits per heavy atom. The topological polar surface area (TPSA) is 38.5 Å². The highest BCUT2D eigenvalue weighted by molar-refractivity contribution is 4.92. The van der Waals surface area contributed by atoms with Crippen LogP contribution in [0.2, 0.25) is 0 Å². The number of nitrogens with zero attached hydrogens (tertiary/aromatic N) is 1. The van der Waals surface area contributed by atoms with Gasteiger partial charge in [0.1, 0.15) is 0 Å². The van der Waals surface area contributed by atoms with Gasteiger partial charge in [0.05, 0.1) is 6.10 Å². The molecule has 3 heteroatoms. The molecule has 16 heavy (non-hydrogen) atoms. The summed E-state index contributed by atoms with van der Waals surface area (Å²) in [6, 6.07) is 0. The van der Waals surface area contributed by atoms with Crippen LogP contribution < -0.4 is 5.73 Å². The molecule has 2 atom stereocenters. The van der Waals surface area contributed by atoms with E-state index in [2.05, 4.69) is 18.7 Å². The second kappa shape index (κ2) is 6.58. The number of ether oxygens (including phenoxy) is 1. The maximum Gasteiger partial charge on any atom is 0.0710 e. The molecule has 1 heterocycles. The van der Waals surface area contributed by atoms with Crippen molar-refractivity contribution in [3.8, 4) is 0 Å². The van der Waals surface area contributed by atoms with E-state index >= 15 is 0 Å². The number of hydrogen-bond acceptors (Lipinski definition) is 3. The van der Waals surface area contributed by atoms with Crippen molar-refractivity contribution in [2.75, 3.05) is 26.7 Å². The number of nitrogens with two attached hydrogens (primary N) is 1. The predicted molar refractivity (Wildman–Crippen MR) is 68.6 cm³/mol. The molecule has 1 fully saturated rings. The Kier molecular flexibility index (Phi) is 5.73. The molecule has 0 amide bonds. The van der Waals surface area contributed by atoms with Crippen LogP contribution in [-0.4, -0.2) is 43.3 Å². The second-order valence-electron chi connectivity index (χ2n) is 5.25. The quantitative estimate of drug-likeness (QED) is 0.677. The number of hydrogen-bond donors (Lipinski definition) is 1. The fourth-order valence-electron chi connectivity index (χ4n) is 2.56. The molecule has 0 aromatic rings. The molecule has 1 saturated heterocycles. The minimum absolute atomic E-state index is 0.183. The summed E-state index contributed by atoms with van der Waals surface area (Å²) in [4.78, 5) is 2.52. The molecule has 0 aliphatic carbocycles. The first-order valence-corrected chi connectivity index (χ1v) is 6.64. The Hall–Kier alpha value is -0.120. The van der Waals surface area contributed by atoms with Crippen LogP contribution in [0.1, 0.15) is 46.0 Å². The minimum Gasteiger partial charge on any atom is -0.380 e. The molecule has 3 nitrogen and oxygen atoms in total. The third-order valence-electron chi connectivity index (χ3n) is 4.00. The van der Waals surface area contributed by atoms with Crippen LogP contribution in [0.4, 0.5) is 0 Å². The zero-order chi connectivity index (χ0) is 12.0. The summed E-state index contributed by atoms with van der Waals surface area (Å²) in [6.45, 7) is 7.50. The summed E-state index contributed by atoms with van der Waals surface area (Å²) in [6.07, 6.45) is 6.67. The van der Waals surface area contributed by atoms with Crippen molar-refractivity contribution in [3.63, 3.8) is 0 Å². The van der Waals surface area contributed by atoms with Gasteiger partial charge >= 0.3 is 0 Å². The predicted octanol–water partition coefficient (Wildman–Crippen LogP) is 2.00. The third kappa shape index (κ3) is 3.44. The number of methoxy groups -OCH3 is 1.